The molecule has 0 radical (unpaired) electrons. The summed E-state index contributed by atoms with van der Waals surface area (Å²) in [6.45, 7) is 8.32. The molecule has 48 heavy (non-hydrogen) atoms. The van der Waals surface area contributed by atoms with Crippen molar-refractivity contribution in [2.75, 3.05) is 12.7 Å². The van der Waals surface area contributed by atoms with Crippen LogP contribution in [-0.2, 0) is 41.5 Å². The molecular weight excluding hydrogens is 639 g/mol. The zero-order valence-corrected chi connectivity index (χ0v) is 28.6. The first-order valence-electron chi connectivity index (χ1n) is 15.7. The Morgan fingerprint density at radius 1 is 1.00 bits per heavy atom. The maximum Gasteiger partial charge on any atom is 0.411 e. The number of carbonyl (C=O) groups is 5. The molecule has 0 aliphatic rings. The molecule has 0 aliphatic carbocycles. The van der Waals surface area contributed by atoms with Gasteiger partial charge in [0.15, 0.2) is 0 Å². The molecular formula is C34H47N4O9P. The van der Waals surface area contributed by atoms with Gasteiger partial charge in [-0.1, -0.05) is 88.0 Å². The topological polar surface area (TPSA) is 205 Å². The number of carbonyl (C=O) groups excluding carboxylic acids is 4. The molecule has 14 heteroatoms. The number of ether oxygens (including phenoxy) is 1. The Hall–Kier alpha value is -4.48. The van der Waals surface area contributed by atoms with E-state index in [9.17, 15) is 38.5 Å². The van der Waals surface area contributed by atoms with Gasteiger partial charge in [0.05, 0.1) is 0 Å². The number of benzene rings is 2. The molecule has 6 N–H and O–H groups in total. The summed E-state index contributed by atoms with van der Waals surface area (Å²) >= 11 is 0. The van der Waals surface area contributed by atoms with Gasteiger partial charge in [0.25, 0.3) is 0 Å². The summed E-state index contributed by atoms with van der Waals surface area (Å²) < 4.78 is 18.3. The quantitative estimate of drug-likeness (QED) is 0.128. The van der Waals surface area contributed by atoms with Gasteiger partial charge in [-0.15, -0.1) is 0 Å². The van der Waals surface area contributed by atoms with E-state index in [0.717, 1.165) is 10.7 Å². The molecule has 0 saturated heterocycles. The fourth-order valence-electron chi connectivity index (χ4n) is 5.28. The standard InChI is InChI=1S/C34H47N4O9P/c1-5-34(22-24(3)4,38(19-20-48(45,46)6-2)33(44)47-23-26-15-11-8-12-16-26)32(43)37-28(21-25-13-9-7-10-14-25)30(40)36-27(31(41)42)17-18-29(35)39/h6-16,24,27-28H,2,5,17-23H2,1,3-4H3,(H2,35,39)(H,36,40)(H,37,43)(H,41,42)(H,45,46)/t27-,28-,34-/m0/s1. The molecule has 0 bridgehead atoms. The van der Waals surface area contributed by atoms with Gasteiger partial charge < -0.3 is 31.1 Å². The van der Waals surface area contributed by atoms with Crippen LogP contribution < -0.4 is 16.4 Å². The van der Waals surface area contributed by atoms with Gasteiger partial charge in [0.2, 0.25) is 25.1 Å². The molecule has 2 aromatic carbocycles. The minimum atomic E-state index is -3.89. The molecule has 0 spiro atoms. The molecule has 4 atom stereocenters. The number of amides is 4. The monoisotopic (exact) mass is 686 g/mol. The number of rotatable bonds is 20. The van der Waals surface area contributed by atoms with Crippen molar-refractivity contribution in [2.45, 2.75) is 77.1 Å². The van der Waals surface area contributed by atoms with Gasteiger partial charge in [-0.05, 0) is 42.1 Å². The summed E-state index contributed by atoms with van der Waals surface area (Å²) in [5, 5.41) is 14.9. The summed E-state index contributed by atoms with van der Waals surface area (Å²) in [6, 6.07) is 14.8. The third-order valence-electron chi connectivity index (χ3n) is 7.82. The maximum atomic E-state index is 14.5. The second-order valence-corrected chi connectivity index (χ2v) is 14.3. The molecule has 13 nitrogen and oxygen atoms in total. The van der Waals surface area contributed by atoms with Crippen LogP contribution in [0.5, 0.6) is 0 Å². The zero-order valence-electron chi connectivity index (χ0n) is 27.7. The SMILES string of the molecule is C=CP(=O)(O)CCN(C(=O)OCc1ccccc1)[C@@](CC)(CC(C)C)C(=O)N[C@@H](Cc1ccccc1)C(=O)N[C@@H](CCC(N)=O)C(=O)O. The zero-order chi connectivity index (χ0) is 35.9. The van der Waals surface area contributed by atoms with E-state index in [0.29, 0.717) is 11.1 Å². The van der Waals surface area contributed by atoms with E-state index in [1.165, 1.54) is 0 Å². The molecule has 262 valence electrons. The summed E-state index contributed by atoms with van der Waals surface area (Å²) in [6.07, 6.45) is -1.77. The van der Waals surface area contributed by atoms with Crippen LogP contribution in [0.4, 0.5) is 4.79 Å². The highest BCUT2D eigenvalue weighted by molar-refractivity contribution is 7.61. The van der Waals surface area contributed by atoms with Crippen molar-refractivity contribution >= 4 is 37.2 Å². The van der Waals surface area contributed by atoms with Crippen LogP contribution in [0.1, 0.15) is 57.6 Å². The first kappa shape index (κ1) is 39.7. The van der Waals surface area contributed by atoms with Crippen molar-refractivity contribution in [2.24, 2.45) is 11.7 Å². The van der Waals surface area contributed by atoms with Crippen molar-refractivity contribution < 1.29 is 43.3 Å². The van der Waals surface area contributed by atoms with Crippen molar-refractivity contribution in [3.63, 3.8) is 0 Å². The second-order valence-electron chi connectivity index (χ2n) is 12.0. The van der Waals surface area contributed by atoms with Crippen molar-refractivity contribution in [3.8, 4) is 0 Å². The van der Waals surface area contributed by atoms with Crippen LogP contribution in [0, 0.1) is 5.92 Å². The number of nitrogens with zero attached hydrogens (tertiary/aromatic N) is 1. The van der Waals surface area contributed by atoms with Gasteiger partial charge in [-0.25, -0.2) is 9.59 Å². The van der Waals surface area contributed by atoms with Gasteiger partial charge in [-0.3, -0.25) is 23.8 Å². The number of aliphatic carboxylic acids is 1. The van der Waals surface area contributed by atoms with Crippen molar-refractivity contribution in [3.05, 3.63) is 84.2 Å². The number of nitrogens with two attached hydrogens (primary N) is 1. The second kappa shape index (κ2) is 18.8. The Morgan fingerprint density at radius 3 is 2.08 bits per heavy atom. The largest absolute Gasteiger partial charge is 0.480 e. The predicted molar refractivity (Wildman–Crippen MR) is 181 cm³/mol. The molecule has 2 rings (SSSR count). The Labute approximate surface area is 281 Å². The van der Waals surface area contributed by atoms with Crippen LogP contribution in [0.3, 0.4) is 0 Å². The summed E-state index contributed by atoms with van der Waals surface area (Å²) in [7, 11) is -3.89. The lowest BCUT2D eigenvalue weighted by Gasteiger charge is -2.43. The highest BCUT2D eigenvalue weighted by atomic mass is 31.2. The molecule has 0 aromatic heterocycles. The van der Waals surface area contributed by atoms with Crippen LogP contribution in [0.15, 0.2) is 73.1 Å². The first-order chi connectivity index (χ1) is 22.6. The average molecular weight is 687 g/mol. The van der Waals surface area contributed by atoms with E-state index in [-0.39, 0.29) is 51.2 Å². The average Bonchev–Trinajstić information content (AvgIpc) is 3.05. The van der Waals surface area contributed by atoms with Crippen LogP contribution in [0.25, 0.3) is 0 Å². The Bertz CT molecular complexity index is 1460. The fourth-order valence-corrected chi connectivity index (χ4v) is 5.95. The van der Waals surface area contributed by atoms with Crippen molar-refractivity contribution in [1.29, 1.82) is 0 Å². The molecule has 2 aromatic rings. The van der Waals surface area contributed by atoms with Crippen LogP contribution >= 0.6 is 7.37 Å². The molecule has 0 aliphatic heterocycles. The minimum absolute atomic E-state index is 0.0389. The lowest BCUT2D eigenvalue weighted by molar-refractivity contribution is -0.143. The highest BCUT2D eigenvalue weighted by Gasteiger charge is 2.47. The Balaban J connectivity index is 2.55. The smallest absolute Gasteiger partial charge is 0.411 e. The highest BCUT2D eigenvalue weighted by Crippen LogP contribution is 2.42. The lowest BCUT2D eigenvalue weighted by atomic mass is 9.83. The number of hydrogen-bond donors (Lipinski definition) is 5. The van der Waals surface area contributed by atoms with E-state index in [4.69, 9.17) is 10.5 Å². The number of carboxylic acid groups (broad SMARTS) is 1. The number of nitrogens with one attached hydrogen (secondary N) is 2. The Morgan fingerprint density at radius 2 is 1.58 bits per heavy atom. The minimum Gasteiger partial charge on any atom is -0.480 e. The molecule has 1 unspecified atom stereocenters. The molecule has 0 saturated carbocycles. The van der Waals surface area contributed by atoms with Gasteiger partial charge in [0.1, 0.15) is 24.2 Å². The molecule has 0 fully saturated rings. The summed E-state index contributed by atoms with van der Waals surface area (Å²) in [5.74, 6) is -2.96. The lowest BCUT2D eigenvalue weighted by Crippen LogP contribution is -2.64. The third-order valence-corrected chi connectivity index (χ3v) is 9.23. The number of hydrogen-bond acceptors (Lipinski definition) is 7. The number of carboxylic acids is 1. The van der Waals surface area contributed by atoms with E-state index >= 15 is 0 Å². The van der Waals surface area contributed by atoms with E-state index < -0.39 is 60.9 Å². The fraction of sp³-hybridized carbons (Fsp3) is 0.441. The summed E-state index contributed by atoms with van der Waals surface area (Å²) in [4.78, 5) is 76.7. The summed E-state index contributed by atoms with van der Waals surface area (Å²) in [5.41, 5.74) is 4.87. The maximum absolute atomic E-state index is 14.5. The predicted octanol–water partition coefficient (Wildman–Crippen LogP) is 3.80. The van der Waals surface area contributed by atoms with E-state index in [1.807, 2.05) is 13.8 Å². The van der Waals surface area contributed by atoms with Gasteiger partial charge in [-0.2, -0.15) is 0 Å². The Kier molecular flexibility index (Phi) is 15.5. The normalized spacial score (nSPS) is 14.8. The van der Waals surface area contributed by atoms with Crippen molar-refractivity contribution in [1.82, 2.24) is 15.5 Å². The van der Waals surface area contributed by atoms with Crippen LogP contribution in [-0.4, -0.2) is 75.0 Å². The van der Waals surface area contributed by atoms with E-state index in [2.05, 4.69) is 17.2 Å². The van der Waals surface area contributed by atoms with Gasteiger partial charge in [0, 0.05) is 25.5 Å². The van der Waals surface area contributed by atoms with Crippen LogP contribution in [0.2, 0.25) is 0 Å². The molecule has 4 amide bonds. The van der Waals surface area contributed by atoms with E-state index in [1.54, 1.807) is 67.6 Å². The third kappa shape index (κ3) is 12.3. The number of primary amides is 1. The molecule has 0 heterocycles. The first-order valence-corrected chi connectivity index (χ1v) is 17.6. The van der Waals surface area contributed by atoms with Gasteiger partial charge >= 0.3 is 12.1 Å².